The van der Waals surface area contributed by atoms with Crippen LogP contribution in [0.4, 0.5) is 0 Å². The molecule has 0 unspecified atom stereocenters. The molecule has 1 saturated carbocycles. The molecule has 0 atom stereocenters. The summed E-state index contributed by atoms with van der Waals surface area (Å²) in [7, 11) is 0. The summed E-state index contributed by atoms with van der Waals surface area (Å²) in [5.74, 6) is 6.32. The summed E-state index contributed by atoms with van der Waals surface area (Å²) < 4.78 is 0. The number of rotatable bonds is 3. The van der Waals surface area contributed by atoms with Gasteiger partial charge in [0.15, 0.2) is 0 Å². The monoisotopic (exact) mass is 169 g/mol. The first-order chi connectivity index (χ1) is 5.74. The third-order valence-electron chi connectivity index (χ3n) is 2.45. The van der Waals surface area contributed by atoms with Crippen molar-refractivity contribution in [1.82, 2.24) is 10.3 Å². The molecule has 1 aliphatic heterocycles. The Morgan fingerprint density at radius 2 is 2.17 bits per heavy atom. The zero-order chi connectivity index (χ0) is 8.55. The Morgan fingerprint density at radius 3 is 2.67 bits per heavy atom. The lowest BCUT2D eigenvalue weighted by Crippen LogP contribution is -2.61. The summed E-state index contributed by atoms with van der Waals surface area (Å²) in [5, 5.41) is 4.67. The van der Waals surface area contributed by atoms with Crippen LogP contribution in [0.5, 0.6) is 0 Å². The maximum Gasteiger partial charge on any atom is 0.220 e. The van der Waals surface area contributed by atoms with Crippen LogP contribution in [-0.4, -0.2) is 30.0 Å². The lowest BCUT2D eigenvalue weighted by atomic mass is 10.1. The van der Waals surface area contributed by atoms with Crippen molar-refractivity contribution in [3.05, 3.63) is 0 Å². The Morgan fingerprint density at radius 1 is 1.50 bits per heavy atom. The van der Waals surface area contributed by atoms with E-state index >= 15 is 0 Å². The zero-order valence-corrected chi connectivity index (χ0v) is 7.12. The highest BCUT2D eigenvalue weighted by Crippen LogP contribution is 2.32. The second-order valence-electron chi connectivity index (χ2n) is 3.87. The molecule has 68 valence electrons. The molecule has 3 N–H and O–H groups in total. The third-order valence-corrected chi connectivity index (χ3v) is 2.45. The van der Waals surface area contributed by atoms with Crippen molar-refractivity contribution in [3.63, 3.8) is 0 Å². The van der Waals surface area contributed by atoms with Gasteiger partial charge in [0.05, 0.1) is 6.04 Å². The quantitative estimate of drug-likeness (QED) is 0.558. The minimum atomic E-state index is 0.204. The fraction of sp³-hybridized carbons (Fsp3) is 0.875. The maximum absolute atomic E-state index is 11.2. The minimum absolute atomic E-state index is 0.204. The summed E-state index contributed by atoms with van der Waals surface area (Å²) in [6.45, 7) is 1.60. The van der Waals surface area contributed by atoms with E-state index < -0.39 is 0 Å². The average Bonchev–Trinajstić information content (AvgIpc) is 2.68. The van der Waals surface area contributed by atoms with Crippen LogP contribution in [-0.2, 0) is 4.79 Å². The number of hydrogen-bond acceptors (Lipinski definition) is 3. The van der Waals surface area contributed by atoms with E-state index in [0.717, 1.165) is 19.5 Å². The second-order valence-corrected chi connectivity index (χ2v) is 3.87. The number of carbonyl (C=O) groups is 1. The second kappa shape index (κ2) is 3.03. The first-order valence-corrected chi connectivity index (χ1v) is 4.53. The Labute approximate surface area is 72.1 Å². The molecule has 2 aliphatic rings. The van der Waals surface area contributed by atoms with Crippen LogP contribution in [0.15, 0.2) is 0 Å². The van der Waals surface area contributed by atoms with Crippen molar-refractivity contribution in [2.45, 2.75) is 25.3 Å². The molecule has 4 heteroatoms. The summed E-state index contributed by atoms with van der Waals surface area (Å²) in [4.78, 5) is 11.2. The van der Waals surface area contributed by atoms with E-state index in [1.54, 1.807) is 5.01 Å². The Bertz CT molecular complexity index is 185. The standard InChI is InChI=1S/C8H15N3O/c9-11-4-7(5-11)10-8(12)3-6-1-2-6/h6-7H,1-5,9H2,(H,10,12). The molecule has 1 amide bonds. The highest BCUT2D eigenvalue weighted by atomic mass is 16.1. The van der Waals surface area contributed by atoms with Gasteiger partial charge >= 0.3 is 0 Å². The normalized spacial score (nSPS) is 25.1. The lowest BCUT2D eigenvalue weighted by molar-refractivity contribution is -0.123. The molecule has 1 aliphatic carbocycles. The lowest BCUT2D eigenvalue weighted by Gasteiger charge is -2.35. The van der Waals surface area contributed by atoms with Gasteiger partial charge in [-0.05, 0) is 18.8 Å². The van der Waals surface area contributed by atoms with Crippen LogP contribution in [0.3, 0.4) is 0 Å². The van der Waals surface area contributed by atoms with Crippen molar-refractivity contribution >= 4 is 5.91 Å². The summed E-state index contributed by atoms with van der Waals surface area (Å²) in [6.07, 6.45) is 3.20. The molecule has 0 spiro atoms. The van der Waals surface area contributed by atoms with Gasteiger partial charge in [-0.15, -0.1) is 0 Å². The number of nitrogens with zero attached hydrogens (tertiary/aromatic N) is 1. The summed E-state index contributed by atoms with van der Waals surface area (Å²) >= 11 is 0. The Balaban J connectivity index is 1.62. The molecular weight excluding hydrogens is 154 g/mol. The molecule has 0 bridgehead atoms. The van der Waals surface area contributed by atoms with E-state index in [1.165, 1.54) is 12.8 Å². The van der Waals surface area contributed by atoms with Crippen LogP contribution >= 0.6 is 0 Å². The molecule has 2 fully saturated rings. The van der Waals surface area contributed by atoms with Crippen molar-refractivity contribution in [2.75, 3.05) is 13.1 Å². The van der Waals surface area contributed by atoms with Gasteiger partial charge in [-0.3, -0.25) is 10.6 Å². The Kier molecular flexibility index (Phi) is 2.02. The summed E-state index contributed by atoms with van der Waals surface area (Å²) in [6, 6.07) is 0.307. The van der Waals surface area contributed by atoms with Crippen molar-refractivity contribution in [1.29, 1.82) is 0 Å². The van der Waals surface area contributed by atoms with Crippen LogP contribution < -0.4 is 11.2 Å². The number of amides is 1. The van der Waals surface area contributed by atoms with Gasteiger partial charge in [-0.1, -0.05) is 0 Å². The molecule has 1 saturated heterocycles. The van der Waals surface area contributed by atoms with E-state index in [2.05, 4.69) is 5.32 Å². The molecule has 0 aromatic rings. The van der Waals surface area contributed by atoms with E-state index in [1.807, 2.05) is 0 Å². The van der Waals surface area contributed by atoms with Crippen LogP contribution in [0.1, 0.15) is 19.3 Å². The largest absolute Gasteiger partial charge is 0.351 e. The molecule has 4 nitrogen and oxygen atoms in total. The fourth-order valence-electron chi connectivity index (χ4n) is 1.47. The molecule has 2 rings (SSSR count). The topological polar surface area (TPSA) is 58.4 Å². The van der Waals surface area contributed by atoms with Crippen LogP contribution in [0, 0.1) is 5.92 Å². The molecular formula is C8H15N3O. The summed E-state index contributed by atoms with van der Waals surface area (Å²) in [5.41, 5.74) is 0. The molecule has 0 radical (unpaired) electrons. The van der Waals surface area contributed by atoms with Gasteiger partial charge in [-0.25, -0.2) is 5.01 Å². The molecule has 12 heavy (non-hydrogen) atoms. The molecule has 1 heterocycles. The molecule has 0 aromatic carbocycles. The number of hydrogen-bond donors (Lipinski definition) is 2. The first-order valence-electron chi connectivity index (χ1n) is 4.53. The van der Waals surface area contributed by atoms with Crippen molar-refractivity contribution < 1.29 is 4.79 Å². The highest BCUT2D eigenvalue weighted by Gasteiger charge is 2.28. The number of nitrogens with one attached hydrogen (secondary N) is 1. The minimum Gasteiger partial charge on any atom is -0.351 e. The highest BCUT2D eigenvalue weighted by molar-refractivity contribution is 5.76. The number of carbonyl (C=O) groups excluding carboxylic acids is 1. The van der Waals surface area contributed by atoms with Crippen LogP contribution in [0.2, 0.25) is 0 Å². The average molecular weight is 169 g/mol. The van der Waals surface area contributed by atoms with E-state index in [0.29, 0.717) is 12.0 Å². The van der Waals surface area contributed by atoms with Crippen LogP contribution in [0.25, 0.3) is 0 Å². The molecule has 0 aromatic heterocycles. The van der Waals surface area contributed by atoms with Gasteiger partial charge in [0, 0.05) is 19.5 Å². The smallest absolute Gasteiger partial charge is 0.220 e. The fourth-order valence-corrected chi connectivity index (χ4v) is 1.47. The first kappa shape index (κ1) is 8.01. The Hall–Kier alpha value is -0.610. The maximum atomic E-state index is 11.2. The van der Waals surface area contributed by atoms with Gasteiger partial charge < -0.3 is 5.32 Å². The van der Waals surface area contributed by atoms with Crippen molar-refractivity contribution in [2.24, 2.45) is 11.8 Å². The van der Waals surface area contributed by atoms with Gasteiger partial charge in [0.1, 0.15) is 0 Å². The third kappa shape index (κ3) is 1.95. The van der Waals surface area contributed by atoms with Crippen molar-refractivity contribution in [3.8, 4) is 0 Å². The van der Waals surface area contributed by atoms with Gasteiger partial charge in [-0.2, -0.15) is 0 Å². The predicted octanol–water partition coefficient (Wildman–Crippen LogP) is -0.539. The SMILES string of the molecule is NN1CC(NC(=O)CC2CC2)C1. The zero-order valence-electron chi connectivity index (χ0n) is 7.12. The van der Waals surface area contributed by atoms with Gasteiger partial charge in [0.25, 0.3) is 0 Å². The van der Waals surface area contributed by atoms with Gasteiger partial charge in [0.2, 0.25) is 5.91 Å². The predicted molar refractivity (Wildman–Crippen MR) is 45.0 cm³/mol. The number of nitrogens with two attached hydrogens (primary N) is 1. The van der Waals surface area contributed by atoms with E-state index in [9.17, 15) is 4.79 Å². The van der Waals surface area contributed by atoms with E-state index in [-0.39, 0.29) is 5.91 Å². The van der Waals surface area contributed by atoms with E-state index in [4.69, 9.17) is 5.84 Å². The number of hydrazine groups is 1.